The number of anilines is 2. The molecule has 0 radical (unpaired) electrons. The van der Waals surface area contributed by atoms with Gasteiger partial charge in [0.1, 0.15) is 0 Å². The van der Waals surface area contributed by atoms with Crippen LogP contribution in [0.15, 0.2) is 61.1 Å². The number of aromatic nitrogens is 3. The van der Waals surface area contributed by atoms with E-state index < -0.39 is 0 Å². The molecule has 4 nitrogen and oxygen atoms in total. The molecule has 0 bridgehead atoms. The van der Waals surface area contributed by atoms with Crippen LogP contribution < -0.4 is 4.90 Å². The van der Waals surface area contributed by atoms with Gasteiger partial charge in [0.15, 0.2) is 0 Å². The van der Waals surface area contributed by atoms with Gasteiger partial charge in [0.2, 0.25) is 5.95 Å². The van der Waals surface area contributed by atoms with Crippen LogP contribution in [-0.4, -0.2) is 21.5 Å². The van der Waals surface area contributed by atoms with E-state index >= 15 is 0 Å². The van der Waals surface area contributed by atoms with E-state index in [9.17, 15) is 0 Å². The highest BCUT2D eigenvalue weighted by Gasteiger charge is 2.52. The average molecular weight is 300 g/mol. The highest BCUT2D eigenvalue weighted by Crippen LogP contribution is 2.57. The van der Waals surface area contributed by atoms with Crippen molar-refractivity contribution in [1.29, 1.82) is 0 Å². The molecule has 0 atom stereocenters. The van der Waals surface area contributed by atoms with E-state index in [1.807, 2.05) is 30.6 Å². The predicted molar refractivity (Wildman–Crippen MR) is 89.6 cm³/mol. The van der Waals surface area contributed by atoms with Gasteiger partial charge >= 0.3 is 0 Å². The Labute approximate surface area is 134 Å². The van der Waals surface area contributed by atoms with Crippen molar-refractivity contribution in [3.8, 4) is 11.3 Å². The minimum Gasteiger partial charge on any atom is -0.309 e. The van der Waals surface area contributed by atoms with Crippen LogP contribution in [0.1, 0.15) is 18.4 Å². The van der Waals surface area contributed by atoms with Gasteiger partial charge in [0.25, 0.3) is 0 Å². The summed E-state index contributed by atoms with van der Waals surface area (Å²) in [6.07, 6.45) is 8.06. The molecule has 2 aliphatic rings. The second-order valence-electron chi connectivity index (χ2n) is 6.37. The Morgan fingerprint density at radius 2 is 1.65 bits per heavy atom. The molecule has 1 aliphatic carbocycles. The van der Waals surface area contributed by atoms with Crippen molar-refractivity contribution >= 4 is 11.6 Å². The fourth-order valence-corrected chi connectivity index (χ4v) is 3.51. The lowest BCUT2D eigenvalue weighted by atomic mass is 9.99. The molecule has 0 amide bonds. The lowest BCUT2D eigenvalue weighted by Gasteiger charge is -2.17. The van der Waals surface area contributed by atoms with Crippen LogP contribution in [0, 0.1) is 0 Å². The molecule has 112 valence electrons. The molecule has 1 saturated carbocycles. The van der Waals surface area contributed by atoms with E-state index in [1.54, 1.807) is 6.20 Å². The topological polar surface area (TPSA) is 41.9 Å². The van der Waals surface area contributed by atoms with Gasteiger partial charge in [-0.15, -0.1) is 0 Å². The van der Waals surface area contributed by atoms with Crippen molar-refractivity contribution in [1.82, 2.24) is 15.0 Å². The number of pyridine rings is 1. The smallest absolute Gasteiger partial charge is 0.229 e. The number of hydrogen-bond donors (Lipinski definition) is 0. The third-order valence-corrected chi connectivity index (χ3v) is 4.92. The number of fused-ring (bicyclic) bond motifs is 2. The summed E-state index contributed by atoms with van der Waals surface area (Å²) in [7, 11) is 0. The molecular formula is C19H16N4. The van der Waals surface area contributed by atoms with Crippen LogP contribution >= 0.6 is 0 Å². The van der Waals surface area contributed by atoms with Gasteiger partial charge in [-0.3, -0.25) is 4.98 Å². The van der Waals surface area contributed by atoms with Gasteiger partial charge in [-0.2, -0.15) is 0 Å². The maximum Gasteiger partial charge on any atom is 0.229 e. The first-order valence-electron chi connectivity index (χ1n) is 7.96. The summed E-state index contributed by atoms with van der Waals surface area (Å²) in [5, 5.41) is 0. The molecule has 5 rings (SSSR count). The van der Waals surface area contributed by atoms with E-state index in [2.05, 4.69) is 44.1 Å². The highest BCUT2D eigenvalue weighted by molar-refractivity contribution is 5.71. The first-order chi connectivity index (χ1) is 11.4. The largest absolute Gasteiger partial charge is 0.309 e. The normalized spacial score (nSPS) is 17.3. The van der Waals surface area contributed by atoms with Crippen molar-refractivity contribution < 1.29 is 0 Å². The van der Waals surface area contributed by atoms with Crippen molar-refractivity contribution in [3.05, 3.63) is 66.6 Å². The molecule has 23 heavy (non-hydrogen) atoms. The van der Waals surface area contributed by atoms with Crippen molar-refractivity contribution in [2.45, 2.75) is 18.3 Å². The minimum atomic E-state index is 0.347. The number of nitrogens with zero attached hydrogens (tertiary/aromatic N) is 4. The second-order valence-corrected chi connectivity index (χ2v) is 6.37. The summed E-state index contributed by atoms with van der Waals surface area (Å²) in [5.74, 6) is 0.779. The Hall–Kier alpha value is -2.75. The quantitative estimate of drug-likeness (QED) is 0.723. The lowest BCUT2D eigenvalue weighted by Crippen LogP contribution is -2.21. The molecule has 1 fully saturated rings. The van der Waals surface area contributed by atoms with Gasteiger partial charge in [0, 0.05) is 41.8 Å². The fourth-order valence-electron chi connectivity index (χ4n) is 3.51. The Bertz CT molecular complexity index is 854. The Morgan fingerprint density at radius 3 is 2.39 bits per heavy atom. The highest BCUT2D eigenvalue weighted by atomic mass is 15.3. The lowest BCUT2D eigenvalue weighted by molar-refractivity contribution is 0.735. The van der Waals surface area contributed by atoms with Gasteiger partial charge in [-0.25, -0.2) is 9.97 Å². The van der Waals surface area contributed by atoms with Gasteiger partial charge < -0.3 is 4.90 Å². The Balaban J connectivity index is 1.52. The number of para-hydroxylation sites is 1. The summed E-state index contributed by atoms with van der Waals surface area (Å²) >= 11 is 0. The average Bonchev–Trinajstić information content (AvgIpc) is 3.34. The molecule has 0 N–H and O–H groups in total. The zero-order chi connectivity index (χ0) is 15.3. The summed E-state index contributed by atoms with van der Waals surface area (Å²) in [6, 6.07) is 14.5. The fraction of sp³-hybridized carbons (Fsp3) is 0.211. The monoisotopic (exact) mass is 300 g/mol. The standard InChI is InChI=1S/C19H16N4/c1-2-7-17-15(5-1)19(8-9-19)13-23(17)18-21-11-14(12-22-18)16-6-3-4-10-20-16/h1-7,10-12H,8-9,13H2. The van der Waals surface area contributed by atoms with Crippen molar-refractivity contribution in [2.75, 3.05) is 11.4 Å². The maximum atomic E-state index is 4.60. The molecule has 1 aromatic carbocycles. The van der Waals surface area contributed by atoms with Crippen LogP contribution in [0.2, 0.25) is 0 Å². The van der Waals surface area contributed by atoms with E-state index in [-0.39, 0.29) is 0 Å². The molecule has 4 heteroatoms. The molecule has 1 spiro atoms. The molecule has 3 aromatic rings. The van der Waals surface area contributed by atoms with E-state index in [1.165, 1.54) is 24.1 Å². The minimum absolute atomic E-state index is 0.347. The summed E-state index contributed by atoms with van der Waals surface area (Å²) in [6.45, 7) is 0.995. The maximum absolute atomic E-state index is 4.60. The van der Waals surface area contributed by atoms with E-state index in [0.717, 1.165) is 23.8 Å². The number of hydrogen-bond acceptors (Lipinski definition) is 4. The first-order valence-corrected chi connectivity index (χ1v) is 7.96. The zero-order valence-corrected chi connectivity index (χ0v) is 12.7. The first kappa shape index (κ1) is 12.8. The molecule has 3 heterocycles. The van der Waals surface area contributed by atoms with Gasteiger partial charge in [0.05, 0.1) is 5.69 Å². The van der Waals surface area contributed by atoms with Gasteiger partial charge in [-0.05, 0) is 36.6 Å². The van der Waals surface area contributed by atoms with Crippen LogP contribution in [-0.2, 0) is 5.41 Å². The summed E-state index contributed by atoms with van der Waals surface area (Å²) < 4.78 is 0. The molecule has 2 aromatic heterocycles. The molecule has 0 saturated heterocycles. The SMILES string of the molecule is c1ccc(-c2cnc(N3CC4(CC4)c4ccccc43)nc2)nc1. The van der Waals surface area contributed by atoms with E-state index in [4.69, 9.17) is 0 Å². The predicted octanol–water partition coefficient (Wildman–Crippen LogP) is 3.72. The molecular weight excluding hydrogens is 284 g/mol. The van der Waals surface area contributed by atoms with Crippen LogP contribution in [0.5, 0.6) is 0 Å². The number of rotatable bonds is 2. The Kier molecular flexibility index (Phi) is 2.56. The van der Waals surface area contributed by atoms with Crippen LogP contribution in [0.4, 0.5) is 11.6 Å². The van der Waals surface area contributed by atoms with Crippen LogP contribution in [0.25, 0.3) is 11.3 Å². The van der Waals surface area contributed by atoms with Gasteiger partial charge in [-0.1, -0.05) is 24.3 Å². The second kappa shape index (κ2) is 4.62. The molecule has 0 unspecified atom stereocenters. The van der Waals surface area contributed by atoms with Crippen molar-refractivity contribution in [2.24, 2.45) is 0 Å². The summed E-state index contributed by atoms with van der Waals surface area (Å²) in [4.78, 5) is 15.8. The molecule has 1 aliphatic heterocycles. The van der Waals surface area contributed by atoms with Crippen LogP contribution in [0.3, 0.4) is 0 Å². The van der Waals surface area contributed by atoms with E-state index in [0.29, 0.717) is 5.41 Å². The third kappa shape index (κ3) is 1.95. The number of benzene rings is 1. The third-order valence-electron chi connectivity index (χ3n) is 4.92. The van der Waals surface area contributed by atoms with Crippen molar-refractivity contribution in [3.63, 3.8) is 0 Å². The zero-order valence-electron chi connectivity index (χ0n) is 12.7. The Morgan fingerprint density at radius 1 is 0.870 bits per heavy atom. The summed E-state index contributed by atoms with van der Waals surface area (Å²) in [5.41, 5.74) is 4.91.